The van der Waals surface area contributed by atoms with Crippen LogP contribution in [0.1, 0.15) is 24.8 Å². The van der Waals surface area contributed by atoms with Gasteiger partial charge in [-0.3, -0.25) is 4.79 Å². The van der Waals surface area contributed by atoms with Gasteiger partial charge >= 0.3 is 0 Å². The molecule has 1 aromatic carbocycles. The number of rotatable bonds is 6. The van der Waals surface area contributed by atoms with Crippen molar-refractivity contribution >= 4 is 17.3 Å². The molecule has 7 nitrogen and oxygen atoms in total. The summed E-state index contributed by atoms with van der Waals surface area (Å²) in [6.07, 6.45) is 7.48. The van der Waals surface area contributed by atoms with Gasteiger partial charge in [0.05, 0.1) is 42.1 Å². The van der Waals surface area contributed by atoms with Gasteiger partial charge in [0.2, 0.25) is 5.91 Å². The van der Waals surface area contributed by atoms with Gasteiger partial charge in [-0.1, -0.05) is 37.3 Å². The van der Waals surface area contributed by atoms with Gasteiger partial charge in [-0.15, -0.1) is 0 Å². The van der Waals surface area contributed by atoms with Crippen molar-refractivity contribution in [2.75, 3.05) is 24.3 Å². The van der Waals surface area contributed by atoms with Gasteiger partial charge in [-0.05, 0) is 12.0 Å². The number of anilines is 2. The van der Waals surface area contributed by atoms with Crippen LogP contribution in [0.4, 0.5) is 11.4 Å². The topological polar surface area (TPSA) is 75.9 Å². The first kappa shape index (κ1) is 17.6. The molecule has 1 amide bonds. The number of hydrogen-bond acceptors (Lipinski definition) is 5. The maximum atomic E-state index is 12.6. The summed E-state index contributed by atoms with van der Waals surface area (Å²) in [5.41, 5.74) is 2.52. The van der Waals surface area contributed by atoms with Crippen LogP contribution in [0.2, 0.25) is 0 Å². The Kier molecular flexibility index (Phi) is 5.26. The normalized spacial score (nSPS) is 11.8. The fourth-order valence-corrected chi connectivity index (χ4v) is 2.65. The van der Waals surface area contributed by atoms with Crippen molar-refractivity contribution in [2.24, 2.45) is 0 Å². The van der Waals surface area contributed by atoms with Gasteiger partial charge in [0, 0.05) is 14.1 Å². The quantitative estimate of drug-likeness (QED) is 0.740. The highest BCUT2D eigenvalue weighted by atomic mass is 16.1. The minimum atomic E-state index is -0.199. The van der Waals surface area contributed by atoms with E-state index >= 15 is 0 Å². The Morgan fingerprint density at radius 3 is 2.46 bits per heavy atom. The Bertz CT molecular complexity index is 857. The van der Waals surface area contributed by atoms with Gasteiger partial charge in [0.15, 0.2) is 0 Å². The number of amides is 1. The Labute approximate surface area is 152 Å². The predicted octanol–water partition coefficient (Wildman–Crippen LogP) is 2.86. The van der Waals surface area contributed by atoms with E-state index in [1.807, 2.05) is 56.3 Å². The molecule has 1 N–H and O–H groups in total. The summed E-state index contributed by atoms with van der Waals surface area (Å²) in [5, 5.41) is 7.16. The number of benzene rings is 1. The summed E-state index contributed by atoms with van der Waals surface area (Å²) in [6.45, 7) is 2.00. The molecule has 0 fully saturated rings. The highest BCUT2D eigenvalue weighted by molar-refractivity contribution is 5.95. The van der Waals surface area contributed by atoms with Crippen LogP contribution in [0.25, 0.3) is 5.95 Å². The number of carbonyl (C=O) groups is 1. The molecule has 3 rings (SSSR count). The lowest BCUT2D eigenvalue weighted by atomic mass is 9.96. The Morgan fingerprint density at radius 1 is 1.15 bits per heavy atom. The second-order valence-electron chi connectivity index (χ2n) is 6.17. The number of aromatic nitrogens is 4. The molecule has 0 spiro atoms. The second kappa shape index (κ2) is 7.77. The zero-order valence-electron chi connectivity index (χ0n) is 15.1. The van der Waals surface area contributed by atoms with E-state index in [1.54, 1.807) is 29.5 Å². The molecule has 26 heavy (non-hydrogen) atoms. The van der Waals surface area contributed by atoms with Crippen molar-refractivity contribution in [1.29, 1.82) is 0 Å². The van der Waals surface area contributed by atoms with Crippen LogP contribution in [0.15, 0.2) is 55.1 Å². The lowest BCUT2D eigenvalue weighted by Crippen LogP contribution is -2.20. The first-order chi connectivity index (χ1) is 12.6. The molecule has 0 saturated heterocycles. The average Bonchev–Trinajstić information content (AvgIpc) is 3.11. The van der Waals surface area contributed by atoms with Crippen molar-refractivity contribution in [1.82, 2.24) is 19.7 Å². The van der Waals surface area contributed by atoms with Crippen LogP contribution in [0.3, 0.4) is 0 Å². The van der Waals surface area contributed by atoms with Crippen LogP contribution in [0.5, 0.6) is 0 Å². The molecule has 2 heterocycles. The van der Waals surface area contributed by atoms with Crippen molar-refractivity contribution < 1.29 is 4.79 Å². The first-order valence-corrected chi connectivity index (χ1v) is 8.48. The smallest absolute Gasteiger partial charge is 0.250 e. The van der Waals surface area contributed by atoms with E-state index in [0.29, 0.717) is 11.6 Å². The van der Waals surface area contributed by atoms with E-state index in [-0.39, 0.29) is 11.8 Å². The van der Waals surface area contributed by atoms with E-state index in [4.69, 9.17) is 0 Å². The number of nitrogens with one attached hydrogen (secondary N) is 1. The molecule has 0 radical (unpaired) electrons. The third kappa shape index (κ3) is 3.88. The van der Waals surface area contributed by atoms with E-state index in [2.05, 4.69) is 20.4 Å². The lowest BCUT2D eigenvalue weighted by Gasteiger charge is -2.14. The molecule has 2 aromatic heterocycles. The maximum Gasteiger partial charge on any atom is 0.250 e. The van der Waals surface area contributed by atoms with E-state index in [1.165, 1.54) is 0 Å². The Hall–Kier alpha value is -3.22. The van der Waals surface area contributed by atoms with Crippen LogP contribution < -0.4 is 10.2 Å². The summed E-state index contributed by atoms with van der Waals surface area (Å²) in [5.74, 6) is 0.198. The highest BCUT2D eigenvalue weighted by Crippen LogP contribution is 2.21. The van der Waals surface area contributed by atoms with Crippen molar-refractivity contribution in [3.8, 4) is 5.95 Å². The van der Waals surface area contributed by atoms with Gasteiger partial charge in [0.1, 0.15) is 0 Å². The predicted molar refractivity (Wildman–Crippen MR) is 102 cm³/mol. The fraction of sp³-hybridized carbons (Fsp3) is 0.263. The molecule has 1 unspecified atom stereocenters. The van der Waals surface area contributed by atoms with Crippen molar-refractivity contribution in [3.63, 3.8) is 0 Å². The monoisotopic (exact) mass is 350 g/mol. The molecule has 0 bridgehead atoms. The average molecular weight is 350 g/mol. The minimum Gasteiger partial charge on any atom is -0.375 e. The second-order valence-corrected chi connectivity index (χ2v) is 6.17. The summed E-state index contributed by atoms with van der Waals surface area (Å²) >= 11 is 0. The van der Waals surface area contributed by atoms with Crippen LogP contribution in [-0.2, 0) is 4.79 Å². The zero-order valence-corrected chi connectivity index (χ0v) is 15.1. The molecule has 0 saturated carbocycles. The minimum absolute atomic E-state index is 0.0536. The number of carbonyl (C=O) groups excluding carboxylic acids is 1. The van der Waals surface area contributed by atoms with Gasteiger partial charge in [-0.25, -0.2) is 14.6 Å². The standard InChI is InChI=1S/C19H22N6O/c1-4-17(14-8-6-5-7-9-14)18(26)23-15-10-22-25(13-15)19-20-11-16(12-21-19)24(2)3/h5-13,17H,4H2,1-3H3,(H,23,26). The zero-order chi connectivity index (χ0) is 18.5. The number of hydrogen-bond donors (Lipinski definition) is 1. The molecular weight excluding hydrogens is 328 g/mol. The molecule has 0 aliphatic heterocycles. The van der Waals surface area contributed by atoms with Gasteiger partial charge < -0.3 is 10.2 Å². The van der Waals surface area contributed by atoms with Gasteiger partial charge in [-0.2, -0.15) is 5.10 Å². The SMILES string of the molecule is CCC(C(=O)Nc1cnn(-c2ncc(N(C)C)cn2)c1)c1ccccc1. The molecule has 7 heteroatoms. The molecular formula is C19H22N6O. The maximum absolute atomic E-state index is 12.6. The van der Waals surface area contributed by atoms with Crippen LogP contribution in [0, 0.1) is 0 Å². The van der Waals surface area contributed by atoms with Crippen molar-refractivity contribution in [2.45, 2.75) is 19.3 Å². The third-order valence-electron chi connectivity index (χ3n) is 4.12. The van der Waals surface area contributed by atoms with E-state index < -0.39 is 0 Å². The summed E-state index contributed by atoms with van der Waals surface area (Å²) in [7, 11) is 3.85. The van der Waals surface area contributed by atoms with Crippen molar-refractivity contribution in [3.05, 3.63) is 60.7 Å². The van der Waals surface area contributed by atoms with E-state index in [0.717, 1.165) is 17.7 Å². The third-order valence-corrected chi connectivity index (χ3v) is 4.12. The van der Waals surface area contributed by atoms with E-state index in [9.17, 15) is 4.79 Å². The largest absolute Gasteiger partial charge is 0.375 e. The molecule has 134 valence electrons. The molecule has 0 aliphatic rings. The van der Waals surface area contributed by atoms with Crippen LogP contribution in [-0.4, -0.2) is 39.8 Å². The fourth-order valence-electron chi connectivity index (χ4n) is 2.65. The highest BCUT2D eigenvalue weighted by Gasteiger charge is 2.19. The first-order valence-electron chi connectivity index (χ1n) is 8.48. The van der Waals surface area contributed by atoms with Gasteiger partial charge in [0.25, 0.3) is 5.95 Å². The Balaban J connectivity index is 1.72. The summed E-state index contributed by atoms with van der Waals surface area (Å²) < 4.78 is 1.54. The molecule has 3 aromatic rings. The summed E-state index contributed by atoms with van der Waals surface area (Å²) in [6, 6.07) is 9.77. The summed E-state index contributed by atoms with van der Waals surface area (Å²) in [4.78, 5) is 23.1. The Morgan fingerprint density at radius 2 is 1.85 bits per heavy atom. The lowest BCUT2D eigenvalue weighted by molar-refractivity contribution is -0.117. The number of nitrogens with zero attached hydrogens (tertiary/aromatic N) is 5. The van der Waals surface area contributed by atoms with Crippen LogP contribution >= 0.6 is 0 Å². The molecule has 0 aliphatic carbocycles. The molecule has 1 atom stereocenters.